The van der Waals surface area contributed by atoms with Crippen molar-refractivity contribution in [1.29, 1.82) is 0 Å². The van der Waals surface area contributed by atoms with Gasteiger partial charge in [-0.15, -0.1) is 0 Å². The molecule has 0 saturated carbocycles. The van der Waals surface area contributed by atoms with Gasteiger partial charge in [0.15, 0.2) is 6.10 Å². The zero-order valence-corrected chi connectivity index (χ0v) is 17.9. The summed E-state index contributed by atoms with van der Waals surface area (Å²) in [5.74, 6) is 0.647. The molecule has 160 valence electrons. The Hall–Kier alpha value is -2.64. The molecule has 0 radical (unpaired) electrons. The van der Waals surface area contributed by atoms with Crippen molar-refractivity contribution < 1.29 is 14.3 Å². The number of nitrogen functional groups attached to an aromatic ring is 1. The fourth-order valence-electron chi connectivity index (χ4n) is 4.73. The van der Waals surface area contributed by atoms with E-state index in [-0.39, 0.29) is 5.91 Å². The molecule has 0 bridgehead atoms. The Balaban J connectivity index is 1.95. The lowest BCUT2D eigenvalue weighted by atomic mass is 9.82. The Kier molecular flexibility index (Phi) is 5.66. The highest BCUT2D eigenvalue weighted by atomic mass is 16.5. The van der Waals surface area contributed by atoms with Gasteiger partial charge >= 0.3 is 0 Å². The van der Waals surface area contributed by atoms with E-state index in [1.54, 1.807) is 19.4 Å². The van der Waals surface area contributed by atoms with Crippen LogP contribution in [0, 0.1) is 0 Å². The molecule has 1 atom stereocenters. The third kappa shape index (κ3) is 3.32. The Morgan fingerprint density at radius 3 is 2.67 bits per heavy atom. The van der Waals surface area contributed by atoms with E-state index in [4.69, 9.17) is 15.2 Å². The number of methoxy groups -OCH3 is 1. The van der Waals surface area contributed by atoms with Gasteiger partial charge in [0.1, 0.15) is 5.75 Å². The quantitative estimate of drug-likeness (QED) is 0.788. The van der Waals surface area contributed by atoms with Crippen molar-refractivity contribution in [2.24, 2.45) is 0 Å². The van der Waals surface area contributed by atoms with E-state index in [0.29, 0.717) is 30.2 Å². The molecule has 1 spiro atoms. The van der Waals surface area contributed by atoms with Crippen molar-refractivity contribution in [3.05, 3.63) is 41.6 Å². The van der Waals surface area contributed by atoms with E-state index < -0.39 is 11.7 Å². The first-order valence-corrected chi connectivity index (χ1v) is 10.6. The molecule has 7 nitrogen and oxygen atoms in total. The molecule has 3 N–H and O–H groups in total. The van der Waals surface area contributed by atoms with Gasteiger partial charge in [0.2, 0.25) is 0 Å². The molecule has 1 fully saturated rings. The van der Waals surface area contributed by atoms with Crippen molar-refractivity contribution >= 4 is 11.6 Å². The van der Waals surface area contributed by atoms with Crippen LogP contribution in [0.4, 0.5) is 5.69 Å². The number of piperidine rings is 1. The molecule has 1 saturated heterocycles. The smallest absolute Gasteiger partial charge is 0.256 e. The van der Waals surface area contributed by atoms with Gasteiger partial charge < -0.3 is 25.4 Å². The number of fused-ring (bicyclic) bond motifs is 2. The van der Waals surface area contributed by atoms with Crippen molar-refractivity contribution in [3.63, 3.8) is 0 Å². The highest BCUT2D eigenvalue weighted by Gasteiger charge is 2.50. The molecular formula is C23H30N4O3. The number of anilines is 1. The zero-order chi connectivity index (χ0) is 21.3. The third-order valence-corrected chi connectivity index (χ3v) is 6.27. The summed E-state index contributed by atoms with van der Waals surface area (Å²) in [4.78, 5) is 19.9. The van der Waals surface area contributed by atoms with Crippen LogP contribution in [-0.2, 0) is 15.1 Å². The molecule has 2 aliphatic heterocycles. The number of aromatic nitrogens is 1. The van der Waals surface area contributed by atoms with E-state index in [0.717, 1.165) is 42.6 Å². The van der Waals surface area contributed by atoms with Crippen LogP contribution in [0.15, 0.2) is 30.5 Å². The number of pyridine rings is 1. The molecule has 7 heteroatoms. The number of carbonyl (C=O) groups excluding carboxylic acids is 1. The van der Waals surface area contributed by atoms with Crippen LogP contribution < -0.4 is 15.8 Å². The van der Waals surface area contributed by atoms with Crippen LogP contribution in [-0.4, -0.2) is 49.1 Å². The van der Waals surface area contributed by atoms with Crippen molar-refractivity contribution in [2.75, 3.05) is 39.0 Å². The van der Waals surface area contributed by atoms with E-state index in [1.165, 1.54) is 0 Å². The number of benzene rings is 1. The Bertz CT molecular complexity index is 936. The summed E-state index contributed by atoms with van der Waals surface area (Å²) in [7, 11) is 1.63. The fraction of sp³-hybridized carbons (Fsp3) is 0.478. The molecule has 0 aliphatic carbocycles. The maximum atomic E-state index is 13.5. The van der Waals surface area contributed by atoms with Gasteiger partial charge in [-0.3, -0.25) is 9.78 Å². The van der Waals surface area contributed by atoms with Crippen molar-refractivity contribution in [2.45, 2.75) is 38.4 Å². The average Bonchev–Trinajstić information content (AvgIpc) is 3.08. The number of hydrogen-bond donors (Lipinski definition) is 2. The molecule has 2 aliphatic rings. The highest BCUT2D eigenvalue weighted by molar-refractivity contribution is 5.89. The predicted molar refractivity (Wildman–Crippen MR) is 116 cm³/mol. The first-order chi connectivity index (χ1) is 14.5. The van der Waals surface area contributed by atoms with Crippen LogP contribution in [0.3, 0.4) is 0 Å². The van der Waals surface area contributed by atoms with Gasteiger partial charge in [0.25, 0.3) is 5.91 Å². The first kappa shape index (κ1) is 20.6. The summed E-state index contributed by atoms with van der Waals surface area (Å²) in [5, 5.41) is 3.40. The molecule has 0 unspecified atom stereocenters. The number of hydrogen-bond acceptors (Lipinski definition) is 6. The molecule has 1 aromatic heterocycles. The maximum absolute atomic E-state index is 13.5. The number of carbonyl (C=O) groups is 1. The van der Waals surface area contributed by atoms with Gasteiger partial charge in [0, 0.05) is 36.1 Å². The lowest BCUT2D eigenvalue weighted by Gasteiger charge is -2.35. The Morgan fingerprint density at radius 2 is 2.03 bits per heavy atom. The summed E-state index contributed by atoms with van der Waals surface area (Å²) in [6, 6.07) is 7.59. The minimum atomic E-state index is -0.689. The number of likely N-dealkylation sites (N-methyl/N-ethyl adjacent to an activating group) is 1. The lowest BCUT2D eigenvalue weighted by Crippen LogP contribution is -2.41. The largest absolute Gasteiger partial charge is 0.496 e. The number of nitrogens with zero attached hydrogens (tertiary/aromatic N) is 2. The fourth-order valence-corrected chi connectivity index (χ4v) is 4.73. The van der Waals surface area contributed by atoms with Gasteiger partial charge in [0.05, 0.1) is 18.4 Å². The average molecular weight is 411 g/mol. The van der Waals surface area contributed by atoms with Crippen LogP contribution in [0.25, 0.3) is 11.3 Å². The second kappa shape index (κ2) is 8.24. The Labute approximate surface area is 177 Å². The maximum Gasteiger partial charge on any atom is 0.256 e. The number of ether oxygens (including phenoxy) is 2. The minimum Gasteiger partial charge on any atom is -0.496 e. The zero-order valence-electron chi connectivity index (χ0n) is 17.9. The van der Waals surface area contributed by atoms with Crippen molar-refractivity contribution in [1.82, 2.24) is 15.2 Å². The summed E-state index contributed by atoms with van der Waals surface area (Å²) in [5.41, 5.74) is 9.61. The lowest BCUT2D eigenvalue weighted by molar-refractivity contribution is -0.157. The van der Waals surface area contributed by atoms with E-state index >= 15 is 0 Å². The molecule has 30 heavy (non-hydrogen) atoms. The van der Waals surface area contributed by atoms with Crippen molar-refractivity contribution in [3.8, 4) is 17.0 Å². The normalized spacial score (nSPS) is 19.5. The third-order valence-electron chi connectivity index (χ3n) is 6.27. The second-order valence-corrected chi connectivity index (χ2v) is 7.83. The number of amides is 1. The van der Waals surface area contributed by atoms with Crippen LogP contribution in [0.1, 0.15) is 43.9 Å². The summed E-state index contributed by atoms with van der Waals surface area (Å²) in [6.07, 6.45) is 2.63. The number of rotatable bonds is 5. The minimum absolute atomic E-state index is 0.0185. The first-order valence-electron chi connectivity index (χ1n) is 10.6. The number of nitrogens with one attached hydrogen (secondary N) is 1. The van der Waals surface area contributed by atoms with Gasteiger partial charge in [-0.25, -0.2) is 0 Å². The molecule has 3 heterocycles. The summed E-state index contributed by atoms with van der Waals surface area (Å²) >= 11 is 0. The Morgan fingerprint density at radius 1 is 1.30 bits per heavy atom. The van der Waals surface area contributed by atoms with E-state index in [2.05, 4.69) is 16.4 Å². The SMILES string of the molecule is CCN(CC)C(=O)[C@@H]1OC2(CCNCC2)c2ccc(OC)c(-c3cc(N)ccn3)c21. The van der Waals surface area contributed by atoms with Gasteiger partial charge in [-0.2, -0.15) is 0 Å². The molecule has 1 amide bonds. The standard InChI is InChI=1S/C23H30N4O3/c1-4-27(5-2)22(28)21-19-16(23(30-21)9-12-25-13-10-23)6-7-18(29-3)20(19)17-14-15(24)8-11-26-17/h6-8,11,14,21,25H,4-5,9-10,12-13H2,1-3H3,(H2,24,26)/t21-/m1/s1. The second-order valence-electron chi connectivity index (χ2n) is 7.83. The van der Waals surface area contributed by atoms with Crippen LogP contribution in [0.5, 0.6) is 5.75 Å². The van der Waals surface area contributed by atoms with Crippen LogP contribution >= 0.6 is 0 Å². The molecule has 2 aromatic rings. The van der Waals surface area contributed by atoms with Crippen LogP contribution in [0.2, 0.25) is 0 Å². The summed E-state index contributed by atoms with van der Waals surface area (Å²) in [6.45, 7) is 6.95. The number of nitrogens with two attached hydrogens (primary N) is 1. The highest BCUT2D eigenvalue weighted by Crippen LogP contribution is 2.54. The van der Waals surface area contributed by atoms with E-state index in [9.17, 15) is 4.79 Å². The summed E-state index contributed by atoms with van der Waals surface area (Å²) < 4.78 is 12.4. The monoisotopic (exact) mass is 410 g/mol. The topological polar surface area (TPSA) is 89.7 Å². The molecule has 1 aromatic carbocycles. The molecule has 4 rings (SSSR count). The molecular weight excluding hydrogens is 380 g/mol. The van der Waals surface area contributed by atoms with Gasteiger partial charge in [-0.1, -0.05) is 6.07 Å². The van der Waals surface area contributed by atoms with Gasteiger partial charge in [-0.05, 0) is 63.5 Å². The van der Waals surface area contributed by atoms with E-state index in [1.807, 2.05) is 30.9 Å². The predicted octanol–water partition coefficient (Wildman–Crippen LogP) is 2.86.